The molecule has 0 heterocycles. The van der Waals surface area contributed by atoms with E-state index >= 15 is 0 Å². The van der Waals surface area contributed by atoms with Crippen molar-refractivity contribution in [2.75, 3.05) is 19.6 Å². The Morgan fingerprint density at radius 2 is 1.79 bits per heavy atom. The summed E-state index contributed by atoms with van der Waals surface area (Å²) in [6.07, 6.45) is 3.27. The Bertz CT molecular complexity index is 266. The summed E-state index contributed by atoms with van der Waals surface area (Å²) in [5, 5.41) is 12.6. The standard InChI is InChI=1S/C16H33N3/c1-7-15(8-2)19(12-14(4)5)11-10-16(6,13-17)18-9-3/h14-15,18H,7-12H2,1-6H3. The minimum Gasteiger partial charge on any atom is -0.300 e. The third kappa shape index (κ3) is 6.94. The molecular formula is C16H33N3. The van der Waals surface area contributed by atoms with Crippen LogP contribution in [-0.2, 0) is 0 Å². The molecule has 0 aromatic heterocycles. The Labute approximate surface area is 120 Å². The Balaban J connectivity index is 4.60. The van der Waals surface area contributed by atoms with Gasteiger partial charge in [0, 0.05) is 19.1 Å². The van der Waals surface area contributed by atoms with Gasteiger partial charge in [0.1, 0.15) is 5.54 Å². The second-order valence-electron chi connectivity index (χ2n) is 6.08. The zero-order chi connectivity index (χ0) is 14.9. The van der Waals surface area contributed by atoms with E-state index in [2.05, 4.69) is 50.9 Å². The summed E-state index contributed by atoms with van der Waals surface area (Å²) in [5.41, 5.74) is -0.393. The number of nitrogens with one attached hydrogen (secondary N) is 1. The predicted octanol–water partition coefficient (Wildman–Crippen LogP) is 3.41. The summed E-state index contributed by atoms with van der Waals surface area (Å²) in [5.74, 6) is 0.674. The fourth-order valence-corrected chi connectivity index (χ4v) is 2.64. The molecule has 0 bridgehead atoms. The van der Waals surface area contributed by atoms with Gasteiger partial charge in [-0.05, 0) is 38.6 Å². The van der Waals surface area contributed by atoms with Gasteiger partial charge in [-0.2, -0.15) is 5.26 Å². The van der Waals surface area contributed by atoms with E-state index in [0.717, 1.165) is 26.1 Å². The first-order chi connectivity index (χ1) is 8.92. The maximum atomic E-state index is 9.33. The third-order valence-electron chi connectivity index (χ3n) is 3.77. The second kappa shape index (κ2) is 9.34. The maximum absolute atomic E-state index is 9.33. The first kappa shape index (κ1) is 18.4. The van der Waals surface area contributed by atoms with Gasteiger partial charge in [0.2, 0.25) is 0 Å². The van der Waals surface area contributed by atoms with Crippen molar-refractivity contribution in [3.8, 4) is 6.07 Å². The first-order valence-electron chi connectivity index (χ1n) is 7.82. The average molecular weight is 267 g/mol. The molecule has 3 heteroatoms. The molecule has 0 amide bonds. The van der Waals surface area contributed by atoms with E-state index in [4.69, 9.17) is 0 Å². The van der Waals surface area contributed by atoms with Crippen molar-refractivity contribution in [1.29, 1.82) is 5.26 Å². The van der Waals surface area contributed by atoms with Crippen LogP contribution in [0.2, 0.25) is 0 Å². The van der Waals surface area contributed by atoms with Crippen LogP contribution in [-0.4, -0.2) is 36.1 Å². The smallest absolute Gasteiger partial charge is 0.105 e. The number of nitrogens with zero attached hydrogens (tertiary/aromatic N) is 2. The quantitative estimate of drug-likeness (QED) is 0.659. The fourth-order valence-electron chi connectivity index (χ4n) is 2.64. The monoisotopic (exact) mass is 267 g/mol. The van der Waals surface area contributed by atoms with Crippen molar-refractivity contribution in [3.05, 3.63) is 0 Å². The normalized spacial score (nSPS) is 14.9. The lowest BCUT2D eigenvalue weighted by Crippen LogP contribution is -2.46. The minimum absolute atomic E-state index is 0.393. The molecule has 0 radical (unpaired) electrons. The Hall–Kier alpha value is -0.590. The van der Waals surface area contributed by atoms with Crippen LogP contribution in [0.3, 0.4) is 0 Å². The highest BCUT2D eigenvalue weighted by molar-refractivity contribution is 5.03. The van der Waals surface area contributed by atoms with Gasteiger partial charge in [-0.25, -0.2) is 0 Å². The zero-order valence-corrected chi connectivity index (χ0v) is 13.8. The predicted molar refractivity (Wildman–Crippen MR) is 83.1 cm³/mol. The molecule has 0 aromatic rings. The summed E-state index contributed by atoms with van der Waals surface area (Å²) in [7, 11) is 0. The van der Waals surface area contributed by atoms with E-state index in [1.54, 1.807) is 0 Å². The van der Waals surface area contributed by atoms with Crippen molar-refractivity contribution in [2.45, 2.75) is 72.4 Å². The molecule has 1 atom stereocenters. The molecule has 3 nitrogen and oxygen atoms in total. The van der Waals surface area contributed by atoms with Crippen molar-refractivity contribution < 1.29 is 0 Å². The molecule has 0 aromatic carbocycles. The van der Waals surface area contributed by atoms with E-state index in [9.17, 15) is 5.26 Å². The van der Waals surface area contributed by atoms with Crippen LogP contribution >= 0.6 is 0 Å². The highest BCUT2D eigenvalue weighted by Crippen LogP contribution is 2.16. The molecular weight excluding hydrogens is 234 g/mol. The summed E-state index contributed by atoms with van der Waals surface area (Å²) in [4.78, 5) is 2.57. The molecule has 0 spiro atoms. The number of nitriles is 1. The minimum atomic E-state index is -0.393. The van der Waals surface area contributed by atoms with Crippen LogP contribution in [0.5, 0.6) is 0 Å². The van der Waals surface area contributed by atoms with Crippen molar-refractivity contribution >= 4 is 0 Å². The lowest BCUT2D eigenvalue weighted by atomic mass is 9.98. The molecule has 0 aliphatic carbocycles. The van der Waals surface area contributed by atoms with Crippen molar-refractivity contribution in [1.82, 2.24) is 10.2 Å². The highest BCUT2D eigenvalue weighted by atomic mass is 15.2. The van der Waals surface area contributed by atoms with Gasteiger partial charge in [0.25, 0.3) is 0 Å². The molecule has 0 fully saturated rings. The molecule has 1 N–H and O–H groups in total. The van der Waals surface area contributed by atoms with Crippen molar-refractivity contribution in [2.24, 2.45) is 5.92 Å². The molecule has 0 aliphatic rings. The van der Waals surface area contributed by atoms with Gasteiger partial charge < -0.3 is 4.90 Å². The second-order valence-corrected chi connectivity index (χ2v) is 6.08. The van der Waals surface area contributed by atoms with Gasteiger partial charge >= 0.3 is 0 Å². The van der Waals surface area contributed by atoms with Crippen LogP contribution in [0, 0.1) is 17.2 Å². The van der Waals surface area contributed by atoms with Crippen LogP contribution in [0.25, 0.3) is 0 Å². The topological polar surface area (TPSA) is 39.1 Å². The SMILES string of the molecule is CCNC(C)(C#N)CCN(CC(C)C)C(CC)CC. The van der Waals surface area contributed by atoms with Gasteiger partial charge in [0.15, 0.2) is 0 Å². The molecule has 1 unspecified atom stereocenters. The maximum Gasteiger partial charge on any atom is 0.105 e. The third-order valence-corrected chi connectivity index (χ3v) is 3.77. The van der Waals surface area contributed by atoms with E-state index in [1.165, 1.54) is 12.8 Å². The molecule has 112 valence electrons. The largest absolute Gasteiger partial charge is 0.300 e. The van der Waals surface area contributed by atoms with Gasteiger partial charge in [-0.1, -0.05) is 34.6 Å². The van der Waals surface area contributed by atoms with Gasteiger partial charge in [0.05, 0.1) is 6.07 Å². The van der Waals surface area contributed by atoms with Crippen LogP contribution in [0.4, 0.5) is 0 Å². The summed E-state index contributed by atoms with van der Waals surface area (Å²) in [6, 6.07) is 3.07. The highest BCUT2D eigenvalue weighted by Gasteiger charge is 2.25. The Morgan fingerprint density at radius 3 is 2.16 bits per heavy atom. The Kier molecular flexibility index (Phi) is 9.05. The van der Waals surface area contributed by atoms with E-state index in [0.29, 0.717) is 12.0 Å². The van der Waals surface area contributed by atoms with E-state index in [1.807, 2.05) is 6.92 Å². The summed E-state index contributed by atoms with van der Waals surface area (Å²) < 4.78 is 0. The van der Waals surface area contributed by atoms with E-state index < -0.39 is 5.54 Å². The number of hydrogen-bond acceptors (Lipinski definition) is 3. The molecule has 0 saturated carbocycles. The van der Waals surface area contributed by atoms with Gasteiger partial charge in [-0.15, -0.1) is 0 Å². The number of hydrogen-bond donors (Lipinski definition) is 1. The molecule has 19 heavy (non-hydrogen) atoms. The van der Waals surface area contributed by atoms with Crippen LogP contribution in [0.15, 0.2) is 0 Å². The van der Waals surface area contributed by atoms with Crippen molar-refractivity contribution in [3.63, 3.8) is 0 Å². The number of rotatable bonds is 10. The zero-order valence-electron chi connectivity index (χ0n) is 13.8. The van der Waals surface area contributed by atoms with Gasteiger partial charge in [-0.3, -0.25) is 5.32 Å². The van der Waals surface area contributed by atoms with E-state index in [-0.39, 0.29) is 0 Å². The fraction of sp³-hybridized carbons (Fsp3) is 0.938. The summed E-state index contributed by atoms with van der Waals surface area (Å²) >= 11 is 0. The lowest BCUT2D eigenvalue weighted by molar-refractivity contribution is 0.153. The lowest BCUT2D eigenvalue weighted by Gasteiger charge is -2.34. The summed E-state index contributed by atoms with van der Waals surface area (Å²) in [6.45, 7) is 16.1. The molecule has 0 saturated heterocycles. The average Bonchev–Trinajstić information content (AvgIpc) is 2.37. The Morgan fingerprint density at radius 1 is 1.21 bits per heavy atom. The molecule has 0 aliphatic heterocycles. The van der Waals surface area contributed by atoms with Crippen LogP contribution in [0.1, 0.15) is 60.8 Å². The van der Waals surface area contributed by atoms with Crippen LogP contribution < -0.4 is 5.32 Å². The molecule has 0 rings (SSSR count). The first-order valence-corrected chi connectivity index (χ1v) is 7.82.